The van der Waals surface area contributed by atoms with Crippen LogP contribution in [0.3, 0.4) is 0 Å². The number of hydrogen-bond acceptors (Lipinski definition) is 3. The number of rotatable bonds is 3. The Hall–Kier alpha value is -0.430. The minimum atomic E-state index is -3.84. The Morgan fingerprint density at radius 3 is 2.71 bits per heavy atom. The summed E-state index contributed by atoms with van der Waals surface area (Å²) in [5, 5.41) is 0.765. The van der Waals surface area contributed by atoms with Crippen LogP contribution in [0, 0.1) is 0 Å². The molecule has 0 amide bonds. The standard InChI is InChI=1S/C9H6Cl2FNO2S2/c10-6-2-1-5-7(17(11,14)15)3-13-8(5)9(6)16-4-12/h1-3,13H,4H2. The first-order valence-corrected chi connectivity index (χ1v) is 8.05. The van der Waals surface area contributed by atoms with Crippen LogP contribution in [0.1, 0.15) is 0 Å². The number of aromatic amines is 1. The monoisotopic (exact) mass is 313 g/mol. The molecule has 0 aliphatic carbocycles. The van der Waals surface area contributed by atoms with Crippen LogP contribution < -0.4 is 0 Å². The predicted molar refractivity (Wildman–Crippen MR) is 68.2 cm³/mol. The fraction of sp³-hybridized carbons (Fsp3) is 0.111. The molecule has 0 unspecified atom stereocenters. The van der Waals surface area contributed by atoms with Gasteiger partial charge >= 0.3 is 0 Å². The Balaban J connectivity index is 2.77. The molecule has 8 heteroatoms. The van der Waals surface area contributed by atoms with Crippen molar-refractivity contribution in [1.82, 2.24) is 4.98 Å². The maximum Gasteiger partial charge on any atom is 0.263 e. The fourth-order valence-electron chi connectivity index (χ4n) is 1.52. The highest BCUT2D eigenvalue weighted by molar-refractivity contribution is 8.14. The molecule has 1 N–H and O–H groups in total. The van der Waals surface area contributed by atoms with Gasteiger partial charge in [0.25, 0.3) is 9.05 Å². The van der Waals surface area contributed by atoms with Crippen LogP contribution in [0.2, 0.25) is 5.02 Å². The molecule has 0 bridgehead atoms. The van der Waals surface area contributed by atoms with Crippen molar-refractivity contribution >= 4 is 54.0 Å². The number of H-pyrrole nitrogens is 1. The van der Waals surface area contributed by atoms with E-state index >= 15 is 0 Å². The zero-order valence-corrected chi connectivity index (χ0v) is 11.4. The molecule has 0 atom stereocenters. The van der Waals surface area contributed by atoms with E-state index in [1.807, 2.05) is 0 Å². The van der Waals surface area contributed by atoms with Crippen LogP contribution in [0.4, 0.5) is 4.39 Å². The number of benzene rings is 1. The highest BCUT2D eigenvalue weighted by Gasteiger charge is 2.18. The summed E-state index contributed by atoms with van der Waals surface area (Å²) in [6, 6.07) is 2.40. The Morgan fingerprint density at radius 1 is 1.41 bits per heavy atom. The van der Waals surface area contributed by atoms with Crippen molar-refractivity contribution in [3.8, 4) is 0 Å². The largest absolute Gasteiger partial charge is 0.359 e. The molecule has 1 heterocycles. The Bertz CT molecular complexity index is 669. The average Bonchev–Trinajstić information content (AvgIpc) is 2.65. The second kappa shape index (κ2) is 4.68. The second-order valence-corrected chi connectivity index (χ2v) is 7.00. The van der Waals surface area contributed by atoms with Gasteiger partial charge in [0.05, 0.1) is 15.4 Å². The summed E-state index contributed by atoms with van der Waals surface area (Å²) < 4.78 is 35.0. The van der Waals surface area contributed by atoms with E-state index < -0.39 is 15.1 Å². The van der Waals surface area contributed by atoms with Gasteiger partial charge in [0.15, 0.2) is 0 Å². The van der Waals surface area contributed by atoms with Crippen molar-refractivity contribution in [2.45, 2.75) is 9.79 Å². The maximum absolute atomic E-state index is 12.4. The third-order valence-corrected chi connectivity index (χ3v) is 4.79. The lowest BCUT2D eigenvalue weighted by atomic mass is 10.2. The molecule has 0 radical (unpaired) electrons. The molecule has 3 nitrogen and oxygen atoms in total. The molecule has 2 aromatic rings. The molecular weight excluding hydrogens is 308 g/mol. The van der Waals surface area contributed by atoms with Gasteiger partial charge < -0.3 is 4.98 Å². The van der Waals surface area contributed by atoms with Crippen molar-refractivity contribution in [2.75, 3.05) is 6.01 Å². The van der Waals surface area contributed by atoms with Crippen molar-refractivity contribution in [3.05, 3.63) is 23.4 Å². The van der Waals surface area contributed by atoms with E-state index in [-0.39, 0.29) is 4.90 Å². The summed E-state index contributed by atoms with van der Waals surface area (Å²) >= 11 is 6.80. The van der Waals surface area contributed by atoms with Gasteiger partial charge in [0, 0.05) is 22.3 Å². The molecule has 0 fully saturated rings. The first kappa shape index (κ1) is 13.0. The molecule has 0 aliphatic heterocycles. The van der Waals surface area contributed by atoms with E-state index in [1.165, 1.54) is 18.3 Å². The number of alkyl halides is 1. The Labute approximate surface area is 111 Å². The average molecular weight is 314 g/mol. The highest BCUT2D eigenvalue weighted by Crippen LogP contribution is 2.37. The molecule has 2 rings (SSSR count). The van der Waals surface area contributed by atoms with E-state index in [0.717, 1.165) is 11.8 Å². The lowest BCUT2D eigenvalue weighted by Crippen LogP contribution is -1.88. The first-order chi connectivity index (χ1) is 7.95. The number of aromatic nitrogens is 1. The van der Waals surface area contributed by atoms with Gasteiger partial charge in [0.2, 0.25) is 0 Å². The summed E-state index contributed by atoms with van der Waals surface area (Å²) in [6.07, 6.45) is 1.27. The smallest absolute Gasteiger partial charge is 0.263 e. The third kappa shape index (κ3) is 2.40. The Morgan fingerprint density at radius 2 is 2.12 bits per heavy atom. The van der Waals surface area contributed by atoms with E-state index in [1.54, 1.807) is 0 Å². The minimum Gasteiger partial charge on any atom is -0.359 e. The summed E-state index contributed by atoms with van der Waals surface area (Å²) in [5.41, 5.74) is 0.472. The van der Waals surface area contributed by atoms with E-state index in [4.69, 9.17) is 22.3 Å². The zero-order chi connectivity index (χ0) is 12.6. The molecule has 0 spiro atoms. The van der Waals surface area contributed by atoms with Gasteiger partial charge in [-0.05, 0) is 12.1 Å². The number of hydrogen-bond donors (Lipinski definition) is 1. The molecule has 0 saturated carbocycles. The molecule has 0 aliphatic rings. The van der Waals surface area contributed by atoms with Crippen LogP contribution in [0.5, 0.6) is 0 Å². The number of nitrogens with one attached hydrogen (secondary N) is 1. The van der Waals surface area contributed by atoms with Gasteiger partial charge in [-0.2, -0.15) is 0 Å². The van der Waals surface area contributed by atoms with Crippen molar-refractivity contribution < 1.29 is 12.8 Å². The zero-order valence-electron chi connectivity index (χ0n) is 8.21. The molecule has 0 saturated heterocycles. The summed E-state index contributed by atoms with van der Waals surface area (Å²) in [4.78, 5) is 3.19. The van der Waals surface area contributed by atoms with Crippen LogP contribution >= 0.6 is 34.0 Å². The van der Waals surface area contributed by atoms with Gasteiger partial charge in [0.1, 0.15) is 10.9 Å². The summed E-state index contributed by atoms with van der Waals surface area (Å²) in [7, 11) is 1.45. The lowest BCUT2D eigenvalue weighted by molar-refractivity contribution is 0.606. The topological polar surface area (TPSA) is 49.9 Å². The quantitative estimate of drug-likeness (QED) is 0.693. The molecule has 1 aromatic heterocycles. The fourth-order valence-corrected chi connectivity index (χ4v) is 3.48. The van der Waals surface area contributed by atoms with Gasteiger partial charge in [-0.1, -0.05) is 23.4 Å². The van der Waals surface area contributed by atoms with E-state index in [2.05, 4.69) is 4.98 Å². The van der Waals surface area contributed by atoms with E-state index in [0.29, 0.717) is 20.8 Å². The van der Waals surface area contributed by atoms with Crippen molar-refractivity contribution in [3.63, 3.8) is 0 Å². The number of halogens is 3. The van der Waals surface area contributed by atoms with Crippen LogP contribution in [0.25, 0.3) is 10.9 Å². The normalized spacial score (nSPS) is 12.2. The molecule has 1 aromatic carbocycles. The molecule has 17 heavy (non-hydrogen) atoms. The molecule has 92 valence electrons. The van der Waals surface area contributed by atoms with Crippen molar-refractivity contribution in [2.24, 2.45) is 0 Å². The molecular formula is C9H6Cl2FNO2S2. The third-order valence-electron chi connectivity index (χ3n) is 2.18. The SMILES string of the molecule is O=S(=O)(Cl)c1c[nH]c2c(SCF)c(Cl)ccc12. The minimum absolute atomic E-state index is 0.0356. The van der Waals surface area contributed by atoms with Gasteiger partial charge in [-0.15, -0.1) is 0 Å². The number of thioether (sulfide) groups is 1. The van der Waals surface area contributed by atoms with Gasteiger partial charge in [-0.25, -0.2) is 12.8 Å². The Kier molecular flexibility index (Phi) is 3.58. The first-order valence-electron chi connectivity index (χ1n) is 4.38. The van der Waals surface area contributed by atoms with Crippen LogP contribution in [-0.2, 0) is 9.05 Å². The summed E-state index contributed by atoms with van der Waals surface area (Å²) in [6.45, 7) is 0. The van der Waals surface area contributed by atoms with Crippen molar-refractivity contribution in [1.29, 1.82) is 0 Å². The number of fused-ring (bicyclic) bond motifs is 1. The van der Waals surface area contributed by atoms with E-state index in [9.17, 15) is 12.8 Å². The van der Waals surface area contributed by atoms with Crippen LogP contribution in [-0.4, -0.2) is 19.4 Å². The summed E-state index contributed by atoms with van der Waals surface area (Å²) in [5.74, 6) is 0. The van der Waals surface area contributed by atoms with Crippen LogP contribution in [0.15, 0.2) is 28.1 Å². The lowest BCUT2D eigenvalue weighted by Gasteiger charge is -2.03. The maximum atomic E-state index is 12.4. The highest BCUT2D eigenvalue weighted by atomic mass is 35.7. The second-order valence-electron chi connectivity index (χ2n) is 3.14. The van der Waals surface area contributed by atoms with Gasteiger partial charge in [-0.3, -0.25) is 0 Å². The predicted octanol–water partition coefficient (Wildman–Crippen LogP) is 3.77.